The van der Waals surface area contributed by atoms with Crippen molar-refractivity contribution >= 4 is 34.0 Å². The molecule has 0 fully saturated rings. The van der Waals surface area contributed by atoms with E-state index in [1.54, 1.807) is 18.0 Å². The summed E-state index contributed by atoms with van der Waals surface area (Å²) in [4.78, 5) is 12.5. The van der Waals surface area contributed by atoms with E-state index in [1.165, 1.54) is 10.8 Å². The van der Waals surface area contributed by atoms with Crippen molar-refractivity contribution in [1.82, 2.24) is 5.32 Å². The van der Waals surface area contributed by atoms with Gasteiger partial charge >= 0.3 is 0 Å². The van der Waals surface area contributed by atoms with Gasteiger partial charge in [-0.1, -0.05) is 61.7 Å². The van der Waals surface area contributed by atoms with Gasteiger partial charge in [0.05, 0.1) is 5.70 Å². The Bertz CT molecular complexity index is 1250. The first-order valence-electron chi connectivity index (χ1n) is 10.3. The Morgan fingerprint density at radius 3 is 2.61 bits per heavy atom. The molecule has 0 spiro atoms. The summed E-state index contributed by atoms with van der Waals surface area (Å²) in [5.74, 6) is 0.746. The molecule has 0 bridgehead atoms. The number of Topliss-reactive ketones (excluding diaryl/α,β-unsaturated/α-hetero) is 1. The van der Waals surface area contributed by atoms with Crippen LogP contribution in [0.3, 0.4) is 0 Å². The van der Waals surface area contributed by atoms with Gasteiger partial charge in [-0.25, -0.2) is 0 Å². The molecule has 3 aromatic carbocycles. The van der Waals surface area contributed by atoms with Gasteiger partial charge in [0.1, 0.15) is 17.0 Å². The van der Waals surface area contributed by atoms with Crippen LogP contribution in [0.2, 0.25) is 0 Å². The Morgan fingerprint density at radius 2 is 1.84 bits per heavy atom. The molecule has 1 N–H and O–H groups in total. The van der Waals surface area contributed by atoms with Gasteiger partial charge in [0.25, 0.3) is 0 Å². The zero-order chi connectivity index (χ0) is 22.0. The van der Waals surface area contributed by atoms with Crippen molar-refractivity contribution in [2.45, 2.75) is 27.2 Å². The van der Waals surface area contributed by atoms with E-state index in [9.17, 15) is 4.79 Å². The van der Waals surface area contributed by atoms with Gasteiger partial charge in [-0.3, -0.25) is 4.79 Å². The van der Waals surface area contributed by atoms with Crippen LogP contribution in [0, 0.1) is 13.8 Å². The number of carbonyl (C=O) groups excluding carboxylic acids is 1. The number of ether oxygens (including phenoxy) is 1. The maximum absolute atomic E-state index is 12.5. The molecule has 0 unspecified atom stereocenters. The molecule has 0 aromatic heterocycles. The number of ketones is 1. The Labute approximate surface area is 187 Å². The molecule has 0 amide bonds. The van der Waals surface area contributed by atoms with E-state index < -0.39 is 0 Å². The molecule has 1 aliphatic rings. The molecule has 4 heteroatoms. The average Bonchev–Trinajstić information content (AvgIpc) is 3.28. The average molecular weight is 428 g/mol. The van der Waals surface area contributed by atoms with Crippen molar-refractivity contribution in [3.63, 3.8) is 0 Å². The maximum Gasteiger partial charge on any atom is 0.188 e. The van der Waals surface area contributed by atoms with Gasteiger partial charge in [-0.15, -0.1) is 0 Å². The zero-order valence-electron chi connectivity index (χ0n) is 18.0. The molecule has 0 saturated heterocycles. The molecule has 31 heavy (non-hydrogen) atoms. The molecule has 1 heterocycles. The third kappa shape index (κ3) is 4.30. The fraction of sp³-hybridized carbons (Fsp3) is 0.148. The monoisotopic (exact) mass is 427 g/mol. The number of hydrogen-bond acceptors (Lipinski definition) is 4. The Hall–Kier alpha value is -3.24. The minimum absolute atomic E-state index is 0.00486. The predicted octanol–water partition coefficient (Wildman–Crippen LogP) is 7.12. The summed E-state index contributed by atoms with van der Waals surface area (Å²) in [6.07, 6.45) is 2.38. The van der Waals surface area contributed by atoms with E-state index in [-0.39, 0.29) is 5.78 Å². The summed E-state index contributed by atoms with van der Waals surface area (Å²) in [5.41, 5.74) is 5.39. The molecule has 4 rings (SSSR count). The van der Waals surface area contributed by atoms with E-state index in [0.717, 1.165) is 33.2 Å². The molecule has 3 nitrogen and oxygen atoms in total. The fourth-order valence-corrected chi connectivity index (χ4v) is 4.22. The lowest BCUT2D eigenvalue weighted by Crippen LogP contribution is -2.07. The summed E-state index contributed by atoms with van der Waals surface area (Å²) >= 11 is 1.59. The number of thioether (sulfide) groups is 1. The SMILES string of the molecule is C=C(CC)C(=O)c1ccc(O/C=C2\NC(c3ccc4ccccc4c3)=CS2)c(C)c1C. The van der Waals surface area contributed by atoms with E-state index in [0.29, 0.717) is 17.6 Å². The molecule has 0 saturated carbocycles. The number of benzene rings is 3. The Morgan fingerprint density at radius 1 is 1.06 bits per heavy atom. The lowest BCUT2D eigenvalue weighted by Gasteiger charge is -2.13. The summed E-state index contributed by atoms with van der Waals surface area (Å²) in [6, 6.07) is 18.5. The predicted molar refractivity (Wildman–Crippen MR) is 131 cm³/mol. The Kier molecular flexibility index (Phi) is 6.01. The molecule has 0 aliphatic carbocycles. The number of hydrogen-bond donors (Lipinski definition) is 1. The van der Waals surface area contributed by atoms with E-state index in [4.69, 9.17) is 4.74 Å². The van der Waals surface area contributed by atoms with Crippen LogP contribution in [0.4, 0.5) is 0 Å². The number of rotatable bonds is 6. The van der Waals surface area contributed by atoms with Crippen molar-refractivity contribution in [2.24, 2.45) is 0 Å². The van der Waals surface area contributed by atoms with Crippen LogP contribution >= 0.6 is 11.8 Å². The maximum atomic E-state index is 12.5. The van der Waals surface area contributed by atoms with Crippen molar-refractivity contribution in [3.05, 3.63) is 106 Å². The summed E-state index contributed by atoms with van der Waals surface area (Å²) < 4.78 is 5.97. The lowest BCUT2D eigenvalue weighted by molar-refractivity contribution is 0.103. The standard InChI is InChI=1S/C27H25NO2S/c1-5-17(2)27(29)23-12-13-25(19(4)18(23)3)30-15-26-28-24(16-31-26)22-11-10-20-8-6-7-9-21(20)14-22/h6-16,28H,2,5H2,1,3-4H3/b26-15+. The summed E-state index contributed by atoms with van der Waals surface area (Å²) in [6.45, 7) is 9.74. The van der Waals surface area contributed by atoms with Crippen LogP contribution in [0.1, 0.15) is 40.4 Å². The van der Waals surface area contributed by atoms with Crippen LogP contribution < -0.4 is 10.1 Å². The fourth-order valence-electron chi connectivity index (χ4n) is 3.51. The van der Waals surface area contributed by atoms with Gasteiger partial charge in [0.15, 0.2) is 5.78 Å². The highest BCUT2D eigenvalue weighted by Gasteiger charge is 2.16. The third-order valence-electron chi connectivity index (χ3n) is 5.65. The topological polar surface area (TPSA) is 38.3 Å². The van der Waals surface area contributed by atoms with Crippen molar-refractivity contribution in [3.8, 4) is 5.75 Å². The minimum Gasteiger partial charge on any atom is -0.462 e. The van der Waals surface area contributed by atoms with Crippen LogP contribution in [-0.2, 0) is 0 Å². The number of fused-ring (bicyclic) bond motifs is 1. The van der Waals surface area contributed by atoms with Crippen LogP contribution in [0.5, 0.6) is 5.75 Å². The second-order valence-electron chi connectivity index (χ2n) is 7.58. The van der Waals surface area contributed by atoms with Crippen molar-refractivity contribution < 1.29 is 9.53 Å². The second kappa shape index (κ2) is 8.86. The highest BCUT2D eigenvalue weighted by atomic mass is 32.2. The van der Waals surface area contributed by atoms with Gasteiger partial charge < -0.3 is 10.1 Å². The minimum atomic E-state index is 0.00486. The van der Waals surface area contributed by atoms with Gasteiger partial charge in [0, 0.05) is 11.0 Å². The van der Waals surface area contributed by atoms with E-state index >= 15 is 0 Å². The molecular weight excluding hydrogens is 402 g/mol. The number of carbonyl (C=O) groups is 1. The molecule has 156 valence electrons. The first kappa shape index (κ1) is 21.0. The van der Waals surface area contributed by atoms with Gasteiger partial charge in [0.2, 0.25) is 0 Å². The van der Waals surface area contributed by atoms with E-state index in [2.05, 4.69) is 59.8 Å². The van der Waals surface area contributed by atoms with Crippen LogP contribution in [0.25, 0.3) is 16.5 Å². The van der Waals surface area contributed by atoms with Crippen LogP contribution in [0.15, 0.2) is 83.4 Å². The third-order valence-corrected chi connectivity index (χ3v) is 6.45. The van der Waals surface area contributed by atoms with E-state index in [1.807, 2.05) is 32.9 Å². The lowest BCUT2D eigenvalue weighted by atomic mass is 9.95. The summed E-state index contributed by atoms with van der Waals surface area (Å²) in [5, 5.41) is 8.88. The van der Waals surface area contributed by atoms with Crippen LogP contribution in [-0.4, -0.2) is 5.78 Å². The second-order valence-corrected chi connectivity index (χ2v) is 8.49. The highest BCUT2D eigenvalue weighted by molar-refractivity contribution is 8.06. The highest BCUT2D eigenvalue weighted by Crippen LogP contribution is 2.32. The largest absolute Gasteiger partial charge is 0.462 e. The summed E-state index contributed by atoms with van der Waals surface area (Å²) in [7, 11) is 0. The van der Waals surface area contributed by atoms with Gasteiger partial charge in [-0.2, -0.15) is 0 Å². The number of allylic oxidation sites excluding steroid dienone is 1. The Balaban J connectivity index is 1.48. The smallest absolute Gasteiger partial charge is 0.188 e. The molecule has 0 atom stereocenters. The molecule has 3 aromatic rings. The normalized spacial score (nSPS) is 14.4. The molecule has 0 radical (unpaired) electrons. The number of nitrogens with one attached hydrogen (secondary N) is 1. The first-order valence-corrected chi connectivity index (χ1v) is 11.2. The van der Waals surface area contributed by atoms with Crippen molar-refractivity contribution in [1.29, 1.82) is 0 Å². The molecular formula is C27H25NO2S. The molecule has 1 aliphatic heterocycles. The van der Waals surface area contributed by atoms with Gasteiger partial charge in [-0.05, 0) is 71.5 Å². The van der Waals surface area contributed by atoms with Crippen molar-refractivity contribution in [2.75, 3.05) is 0 Å². The quantitative estimate of drug-likeness (QED) is 0.258. The first-order chi connectivity index (χ1) is 15.0. The zero-order valence-corrected chi connectivity index (χ0v) is 18.8.